The summed E-state index contributed by atoms with van der Waals surface area (Å²) in [7, 11) is 0. The number of aliphatic hydroxyl groups is 2. The lowest BCUT2D eigenvalue weighted by molar-refractivity contribution is -0.0432. The molecule has 8 heteroatoms. The first-order chi connectivity index (χ1) is 14.0. The fourth-order valence-corrected chi connectivity index (χ4v) is 1.36. The van der Waals surface area contributed by atoms with Gasteiger partial charge in [-0.1, -0.05) is 0 Å². The molecule has 0 bridgehead atoms. The van der Waals surface area contributed by atoms with E-state index < -0.39 is 60.9 Å². The smallest absolute Gasteiger partial charge is 0.211 e. The Kier molecular flexibility index (Phi) is 0.892. The van der Waals surface area contributed by atoms with E-state index in [0.29, 0.717) is 0 Å². The first kappa shape index (κ1) is 3.86. The second kappa shape index (κ2) is 4.16. The minimum absolute atomic E-state index is 0.0807. The molecule has 4 N–H and O–H groups in total. The summed E-state index contributed by atoms with van der Waals surface area (Å²) < 4.78 is 106. The Morgan fingerprint density at radius 2 is 2.83 bits per heavy atom. The van der Waals surface area contributed by atoms with Crippen LogP contribution in [0, 0.1) is 0 Å². The third-order valence-electron chi connectivity index (χ3n) is 2.13. The average molecular weight is 269 g/mol. The van der Waals surface area contributed by atoms with Gasteiger partial charge in [-0.2, -0.15) is 0 Å². The van der Waals surface area contributed by atoms with Crippen LogP contribution in [0.3, 0.4) is 0 Å². The number of ether oxygens (including phenoxy) is 1. The van der Waals surface area contributed by atoms with Crippen molar-refractivity contribution in [2.24, 2.45) is 0 Å². The molecule has 0 saturated carbocycles. The van der Waals surface area contributed by atoms with Crippen molar-refractivity contribution in [2.45, 2.75) is 24.7 Å². The summed E-state index contributed by atoms with van der Waals surface area (Å²) in [4.78, 5) is 10.7. The third-order valence-corrected chi connectivity index (χ3v) is 2.13. The lowest BCUT2D eigenvalue weighted by Crippen LogP contribution is -2.24. The Labute approximate surface area is 121 Å². The Balaban J connectivity index is 2.40. The lowest BCUT2D eigenvalue weighted by Gasteiger charge is -2.13. The average Bonchev–Trinajstić information content (AvgIpc) is 3.06. The van der Waals surface area contributed by atoms with Gasteiger partial charge < -0.3 is 20.7 Å². The molecule has 0 radical (unpaired) electrons. The number of imidazole rings is 1. The molecule has 0 aromatic carbocycles. The molecule has 18 heavy (non-hydrogen) atoms. The molecular formula is C10H13N5O3. The number of aromatic nitrogens is 4. The van der Waals surface area contributed by atoms with Crippen LogP contribution in [-0.2, 0) is 4.74 Å². The molecule has 1 fully saturated rings. The predicted molar refractivity (Wildman–Crippen MR) is 61.4 cm³/mol. The van der Waals surface area contributed by atoms with Crippen molar-refractivity contribution in [1.29, 1.82) is 2.86 Å². The highest BCUT2D eigenvalue weighted by atomic mass is 16.6. The Hall–Kier alpha value is -1.77. The maximum Gasteiger partial charge on any atom is 0.211 e. The van der Waals surface area contributed by atoms with Crippen LogP contribution < -0.4 is 5.72 Å². The first-order valence-electron chi connectivity index (χ1n) is 10.8. The molecule has 8 nitrogen and oxygen atoms in total. The van der Waals surface area contributed by atoms with E-state index in [0.717, 1.165) is 0 Å². The van der Waals surface area contributed by atoms with Gasteiger partial charge in [0.05, 0.1) is 25.8 Å². The van der Waals surface area contributed by atoms with Gasteiger partial charge in [-0.15, -0.1) is 0 Å². The summed E-state index contributed by atoms with van der Waals surface area (Å²) in [6, 6.07) is 0. The number of nitrogens with two attached hydrogens (primary N) is 1. The zero-order valence-electron chi connectivity index (χ0n) is 21.5. The lowest BCUT2D eigenvalue weighted by atomic mass is 10.2. The van der Waals surface area contributed by atoms with Crippen LogP contribution in [0.15, 0.2) is 12.6 Å². The van der Waals surface area contributed by atoms with Gasteiger partial charge in [0.15, 0.2) is 14.3 Å². The first-order valence-corrected chi connectivity index (χ1v) is 4.55. The van der Waals surface area contributed by atoms with E-state index >= 15 is 0 Å². The van der Waals surface area contributed by atoms with E-state index in [9.17, 15) is 0 Å². The van der Waals surface area contributed by atoms with E-state index in [2.05, 4.69) is 25.2 Å². The monoisotopic (exact) mass is 269 g/mol. The minimum atomic E-state index is -3.67. The zero-order chi connectivity index (χ0) is 23.8. The highest BCUT2D eigenvalue weighted by Crippen LogP contribution is 2.30. The summed E-state index contributed by atoms with van der Waals surface area (Å²) >= 11 is 0. The highest BCUT2D eigenvalue weighted by molar-refractivity contribution is 5.81. The summed E-state index contributed by atoms with van der Waals surface area (Å²) in [5, 5.41) is 7.79. The van der Waals surface area contributed by atoms with Gasteiger partial charge in [-0.3, -0.25) is 4.57 Å². The number of fused-ring (bicyclic) bond motifs is 1. The number of nitrogen functional groups attached to an aromatic ring is 1. The van der Waals surface area contributed by atoms with Crippen LogP contribution in [0.4, 0.5) is 5.82 Å². The normalized spacial score (nSPS) is 53.9. The van der Waals surface area contributed by atoms with Crippen LogP contribution in [0.2, 0.25) is 2.82 Å². The van der Waals surface area contributed by atoms with Crippen LogP contribution in [0.25, 0.3) is 11.2 Å². The van der Waals surface area contributed by atoms with Crippen molar-refractivity contribution in [2.75, 3.05) is 12.3 Å². The van der Waals surface area contributed by atoms with Gasteiger partial charge in [0, 0.05) is 9.11 Å². The molecule has 0 amide bonds. The SMILES string of the molecule is [2H]OC([2H])([2H])[C@@]1([2H])O[C@@]([2H])([15n]2c([2H])[15n]c3c([15N]([2H])[2H])[15n]c([2H])[15n]c32)C([2H])([2H])[C@]1([2H])O[2H]. The maximum absolute atomic E-state index is 8.57. The Morgan fingerprint density at radius 1 is 1.83 bits per heavy atom. The number of rotatable bonds is 5. The van der Waals surface area contributed by atoms with E-state index in [1.54, 1.807) is 0 Å². The van der Waals surface area contributed by atoms with Crippen molar-refractivity contribution in [3.8, 4) is 0 Å². The Bertz CT molecular complexity index is 1040. The summed E-state index contributed by atoms with van der Waals surface area (Å²) in [6.07, 6.45) is -16.3. The predicted octanol–water partition coefficient (Wildman–Crippen LogP) is -0.951. The van der Waals surface area contributed by atoms with E-state index in [1.165, 1.54) is 0 Å². The van der Waals surface area contributed by atoms with Crippen molar-refractivity contribution >= 4 is 17.0 Å². The van der Waals surface area contributed by atoms with Crippen molar-refractivity contribution in [3.05, 3.63) is 12.6 Å². The van der Waals surface area contributed by atoms with Crippen LogP contribution >= 0.6 is 0 Å². The molecule has 0 unspecified atom stereocenters. The summed E-state index contributed by atoms with van der Waals surface area (Å²) in [5.74, 6) is -0.625. The second-order valence-corrected chi connectivity index (χ2v) is 3.16. The molecule has 0 spiro atoms. The quantitative estimate of drug-likeness (QED) is 0.598. The van der Waals surface area contributed by atoms with Crippen molar-refractivity contribution < 1.29 is 30.1 Å². The molecule has 3 atom stereocenters. The van der Waals surface area contributed by atoms with Crippen molar-refractivity contribution in [3.63, 3.8) is 0 Å². The zero-order valence-corrected chi connectivity index (χ0v) is 8.46. The molecule has 2 aromatic heterocycles. The number of nitrogens with zero attached hydrogens (tertiary/aromatic N) is 4. The maximum atomic E-state index is 8.57. The minimum Gasteiger partial charge on any atom is -0.394 e. The van der Waals surface area contributed by atoms with Gasteiger partial charge in [-0.05, 0) is 0 Å². The van der Waals surface area contributed by atoms with E-state index in [4.69, 9.17) is 22.8 Å². The Morgan fingerprint density at radius 3 is 3.67 bits per heavy atom. The van der Waals surface area contributed by atoms with Gasteiger partial charge >= 0.3 is 0 Å². The van der Waals surface area contributed by atoms with Crippen molar-refractivity contribution in [1.82, 2.24) is 19.5 Å². The van der Waals surface area contributed by atoms with Gasteiger partial charge in [0.25, 0.3) is 0 Å². The third kappa shape index (κ3) is 1.62. The van der Waals surface area contributed by atoms with Crippen LogP contribution in [0.5, 0.6) is 0 Å². The van der Waals surface area contributed by atoms with E-state index in [-0.39, 0.29) is 10.3 Å². The molecule has 0 aliphatic carbocycles. The van der Waals surface area contributed by atoms with Crippen LogP contribution in [-0.4, -0.2) is 51.3 Å². The molecular weight excluding hydrogens is 243 g/mol. The standard InChI is InChI=1S/C10H13N5O3/c11-9-8-10(13-3-12-9)15(4-14-8)7-1-5(17)6(2-16)18-7/h3-7,16-17H,1-2H2,(H2,11,12,13)/t5-,6+,7+/m0/s1/i1D2,2D2,3D,4D,5D,6D,7D,11+1,12+1,13+1,14+1,15+1,16D,17D/hD2. The largest absolute Gasteiger partial charge is 0.394 e. The highest BCUT2D eigenvalue weighted by Gasteiger charge is 2.35. The summed E-state index contributed by atoms with van der Waals surface area (Å²) in [6.45, 7) is -3.62. The van der Waals surface area contributed by atoms with E-state index in [1.807, 2.05) is 0 Å². The second-order valence-electron chi connectivity index (χ2n) is 3.16. The molecule has 96 valence electrons. The fraction of sp³-hybridized carbons (Fsp3) is 0.500. The number of hydrogen-bond acceptors (Lipinski definition) is 7. The molecule has 2 aromatic rings. The molecule has 3 heterocycles. The topological polar surface area (TPSA) is 119 Å². The fourth-order valence-electron chi connectivity index (χ4n) is 1.36. The summed E-state index contributed by atoms with van der Waals surface area (Å²) in [5.41, 5.74) is -1.28. The molecule has 1 saturated heterocycles. The number of hydrogen-bond donors (Lipinski definition) is 3. The van der Waals surface area contributed by atoms with Gasteiger partial charge in [0.1, 0.15) is 26.8 Å². The molecule has 1 aliphatic heterocycles. The molecule has 3 rings (SSSR count). The number of anilines is 1. The van der Waals surface area contributed by atoms with Crippen LogP contribution in [0.1, 0.15) is 24.9 Å². The molecule has 1 aliphatic rings. The van der Waals surface area contributed by atoms with Gasteiger partial charge in [0.2, 0.25) is 2.86 Å². The van der Waals surface area contributed by atoms with Gasteiger partial charge in [-0.25, -0.2) is 15.0 Å².